The van der Waals surface area contributed by atoms with Gasteiger partial charge in [-0.1, -0.05) is 19.3 Å². The lowest BCUT2D eigenvalue weighted by Crippen LogP contribution is -2.53. The van der Waals surface area contributed by atoms with Crippen LogP contribution in [0.1, 0.15) is 42.5 Å². The Balaban J connectivity index is 1.64. The average molecular weight is 328 g/mol. The zero-order chi connectivity index (χ0) is 17.0. The highest BCUT2D eigenvalue weighted by Gasteiger charge is 2.34. The van der Waals surface area contributed by atoms with Crippen LogP contribution in [-0.4, -0.2) is 57.2 Å². The Kier molecular flexibility index (Phi) is 4.89. The highest BCUT2D eigenvalue weighted by Crippen LogP contribution is 2.31. The van der Waals surface area contributed by atoms with E-state index in [1.54, 1.807) is 16.8 Å². The van der Waals surface area contributed by atoms with Crippen LogP contribution >= 0.6 is 0 Å². The van der Waals surface area contributed by atoms with Crippen LogP contribution in [0.3, 0.4) is 0 Å². The maximum Gasteiger partial charge on any atom is 0.251 e. The van der Waals surface area contributed by atoms with Crippen LogP contribution in [0.2, 0.25) is 0 Å². The summed E-state index contributed by atoms with van der Waals surface area (Å²) in [6.07, 6.45) is 7.56. The Labute approximate surface area is 142 Å². The maximum atomic E-state index is 12.5. The van der Waals surface area contributed by atoms with Crippen LogP contribution in [0.5, 0.6) is 0 Å². The molecule has 7 heteroatoms. The van der Waals surface area contributed by atoms with Crippen molar-refractivity contribution in [2.75, 3.05) is 20.6 Å². The number of carbonyl (C=O) groups is 1. The van der Waals surface area contributed by atoms with Crippen LogP contribution in [0.15, 0.2) is 30.6 Å². The third-order valence-electron chi connectivity index (χ3n) is 5.05. The summed E-state index contributed by atoms with van der Waals surface area (Å²) in [7, 11) is 4.22. The number of aromatic nitrogens is 4. The first kappa shape index (κ1) is 16.6. The largest absolute Gasteiger partial charge is 0.350 e. The molecule has 128 valence electrons. The predicted molar refractivity (Wildman–Crippen MR) is 91.0 cm³/mol. The van der Waals surface area contributed by atoms with E-state index >= 15 is 0 Å². The fraction of sp³-hybridized carbons (Fsp3) is 0.529. The summed E-state index contributed by atoms with van der Waals surface area (Å²) in [5, 5.41) is 14.2. The Morgan fingerprint density at radius 2 is 1.92 bits per heavy atom. The van der Waals surface area contributed by atoms with Gasteiger partial charge in [0, 0.05) is 17.6 Å². The SMILES string of the molecule is CN(C)C1(CNC(=O)c2ccc(-n3cnnn3)cc2)CCCCC1. The Bertz CT molecular complexity index is 659. The summed E-state index contributed by atoms with van der Waals surface area (Å²) in [6.45, 7) is 0.688. The van der Waals surface area contributed by atoms with E-state index in [0.717, 1.165) is 18.5 Å². The Morgan fingerprint density at radius 3 is 2.50 bits per heavy atom. The van der Waals surface area contributed by atoms with Gasteiger partial charge in [0.1, 0.15) is 6.33 Å². The second kappa shape index (κ2) is 7.09. The number of tetrazole rings is 1. The predicted octanol–water partition coefficient (Wildman–Crippen LogP) is 1.66. The lowest BCUT2D eigenvalue weighted by Gasteiger charge is -2.43. The minimum Gasteiger partial charge on any atom is -0.350 e. The zero-order valence-electron chi connectivity index (χ0n) is 14.3. The Hall–Kier alpha value is -2.28. The number of nitrogens with zero attached hydrogens (tertiary/aromatic N) is 5. The molecule has 7 nitrogen and oxygen atoms in total. The average Bonchev–Trinajstić information content (AvgIpc) is 3.15. The van der Waals surface area contributed by atoms with Crippen molar-refractivity contribution in [3.8, 4) is 5.69 Å². The van der Waals surface area contributed by atoms with Crippen molar-refractivity contribution >= 4 is 5.91 Å². The zero-order valence-corrected chi connectivity index (χ0v) is 14.3. The first-order chi connectivity index (χ1) is 11.6. The molecule has 0 bridgehead atoms. The molecule has 0 radical (unpaired) electrons. The fourth-order valence-corrected chi connectivity index (χ4v) is 3.38. The molecule has 1 amide bonds. The minimum absolute atomic E-state index is 0.0370. The number of carbonyl (C=O) groups excluding carboxylic acids is 1. The molecule has 1 aliphatic rings. The van der Waals surface area contributed by atoms with Gasteiger partial charge in [0.2, 0.25) is 0 Å². The van der Waals surface area contributed by atoms with Gasteiger partial charge in [0.05, 0.1) is 5.69 Å². The highest BCUT2D eigenvalue weighted by atomic mass is 16.1. The summed E-state index contributed by atoms with van der Waals surface area (Å²) in [4.78, 5) is 14.7. The number of rotatable bonds is 5. The van der Waals surface area contributed by atoms with Gasteiger partial charge in [-0.3, -0.25) is 4.79 Å². The summed E-state index contributed by atoms with van der Waals surface area (Å²) in [5.41, 5.74) is 1.56. The molecule has 1 fully saturated rings. The quantitative estimate of drug-likeness (QED) is 0.903. The first-order valence-corrected chi connectivity index (χ1v) is 8.40. The van der Waals surface area contributed by atoms with E-state index in [2.05, 4.69) is 39.8 Å². The molecule has 1 aromatic carbocycles. The van der Waals surface area contributed by atoms with Gasteiger partial charge in [0.25, 0.3) is 5.91 Å². The monoisotopic (exact) mass is 328 g/mol. The molecule has 0 spiro atoms. The molecular formula is C17H24N6O. The fourth-order valence-electron chi connectivity index (χ4n) is 3.38. The van der Waals surface area contributed by atoms with Crippen LogP contribution < -0.4 is 5.32 Å². The van der Waals surface area contributed by atoms with E-state index in [1.807, 2.05) is 12.1 Å². The van der Waals surface area contributed by atoms with Crippen LogP contribution in [0.25, 0.3) is 5.69 Å². The van der Waals surface area contributed by atoms with E-state index < -0.39 is 0 Å². The molecule has 2 aromatic rings. The summed E-state index contributed by atoms with van der Waals surface area (Å²) in [6, 6.07) is 7.28. The highest BCUT2D eigenvalue weighted by molar-refractivity contribution is 5.94. The molecule has 0 unspecified atom stereocenters. The molecule has 24 heavy (non-hydrogen) atoms. The Morgan fingerprint density at radius 1 is 1.21 bits per heavy atom. The van der Waals surface area contributed by atoms with Crippen molar-refractivity contribution < 1.29 is 4.79 Å². The number of benzene rings is 1. The first-order valence-electron chi connectivity index (χ1n) is 8.40. The second-order valence-electron chi connectivity index (χ2n) is 6.66. The molecule has 1 aliphatic carbocycles. The topological polar surface area (TPSA) is 75.9 Å². The van der Waals surface area contributed by atoms with E-state index in [4.69, 9.17) is 0 Å². The number of hydrogen-bond acceptors (Lipinski definition) is 5. The molecule has 1 N–H and O–H groups in total. The maximum absolute atomic E-state index is 12.5. The van der Waals surface area contributed by atoms with Gasteiger partial charge in [-0.2, -0.15) is 0 Å². The lowest BCUT2D eigenvalue weighted by atomic mass is 9.80. The van der Waals surface area contributed by atoms with Crippen LogP contribution in [0.4, 0.5) is 0 Å². The van der Waals surface area contributed by atoms with E-state index in [1.165, 1.54) is 25.6 Å². The van der Waals surface area contributed by atoms with Gasteiger partial charge < -0.3 is 10.2 Å². The van der Waals surface area contributed by atoms with E-state index in [0.29, 0.717) is 12.1 Å². The van der Waals surface area contributed by atoms with Gasteiger partial charge in [-0.15, -0.1) is 5.10 Å². The molecule has 0 atom stereocenters. The molecule has 1 heterocycles. The second-order valence-corrected chi connectivity index (χ2v) is 6.66. The molecule has 3 rings (SSSR count). The summed E-state index contributed by atoms with van der Waals surface area (Å²) in [5.74, 6) is -0.0370. The van der Waals surface area contributed by atoms with Gasteiger partial charge >= 0.3 is 0 Å². The van der Waals surface area contributed by atoms with Gasteiger partial charge in [-0.05, 0) is 61.6 Å². The van der Waals surface area contributed by atoms with Crippen molar-refractivity contribution in [1.82, 2.24) is 30.4 Å². The molecule has 1 saturated carbocycles. The standard InChI is InChI=1S/C17H24N6O/c1-22(2)17(10-4-3-5-11-17)12-18-16(24)14-6-8-15(9-7-14)23-13-19-20-21-23/h6-9,13H,3-5,10-12H2,1-2H3,(H,18,24). The number of amides is 1. The smallest absolute Gasteiger partial charge is 0.251 e. The van der Waals surface area contributed by atoms with Gasteiger partial charge in [-0.25, -0.2) is 4.68 Å². The summed E-state index contributed by atoms with van der Waals surface area (Å²) >= 11 is 0. The normalized spacial score (nSPS) is 17.0. The minimum atomic E-state index is -0.0370. The lowest BCUT2D eigenvalue weighted by molar-refractivity contribution is 0.0799. The van der Waals surface area contributed by atoms with Crippen molar-refractivity contribution in [1.29, 1.82) is 0 Å². The van der Waals surface area contributed by atoms with Crippen molar-refractivity contribution in [2.45, 2.75) is 37.6 Å². The van der Waals surface area contributed by atoms with Gasteiger partial charge in [0.15, 0.2) is 0 Å². The third kappa shape index (κ3) is 3.46. The molecular weight excluding hydrogens is 304 g/mol. The van der Waals surface area contributed by atoms with E-state index in [-0.39, 0.29) is 11.4 Å². The van der Waals surface area contributed by atoms with E-state index in [9.17, 15) is 4.79 Å². The van der Waals surface area contributed by atoms with Crippen molar-refractivity contribution in [3.05, 3.63) is 36.2 Å². The van der Waals surface area contributed by atoms with Crippen molar-refractivity contribution in [2.24, 2.45) is 0 Å². The number of hydrogen-bond donors (Lipinski definition) is 1. The number of nitrogens with one attached hydrogen (secondary N) is 1. The van der Waals surface area contributed by atoms with Crippen LogP contribution in [-0.2, 0) is 0 Å². The third-order valence-corrected chi connectivity index (χ3v) is 5.05. The summed E-state index contributed by atoms with van der Waals surface area (Å²) < 4.78 is 1.56. The molecule has 0 saturated heterocycles. The van der Waals surface area contributed by atoms with Crippen molar-refractivity contribution in [3.63, 3.8) is 0 Å². The molecule has 0 aliphatic heterocycles. The van der Waals surface area contributed by atoms with Crippen LogP contribution in [0, 0.1) is 0 Å². The number of likely N-dealkylation sites (N-methyl/N-ethyl adjacent to an activating group) is 1. The molecule has 1 aromatic heterocycles.